The summed E-state index contributed by atoms with van der Waals surface area (Å²) in [4.78, 5) is 4.85. The molecule has 20 heavy (non-hydrogen) atoms. The lowest BCUT2D eigenvalue weighted by atomic mass is 10.1. The molecule has 0 amide bonds. The van der Waals surface area contributed by atoms with Crippen LogP contribution in [-0.2, 0) is 10.0 Å². The first-order chi connectivity index (χ1) is 9.48. The Labute approximate surface area is 124 Å². The maximum absolute atomic E-state index is 12.6. The third-order valence-corrected chi connectivity index (χ3v) is 7.16. The smallest absolute Gasteiger partial charge is 0.244 e. The van der Waals surface area contributed by atoms with E-state index in [4.69, 9.17) is 0 Å². The molecular formula is C13H21N3O2S2. The van der Waals surface area contributed by atoms with Gasteiger partial charge < -0.3 is 5.32 Å². The zero-order chi connectivity index (χ0) is 14.3. The lowest BCUT2D eigenvalue weighted by Crippen LogP contribution is -2.63. The zero-order valence-electron chi connectivity index (χ0n) is 11.9. The van der Waals surface area contributed by atoms with E-state index in [9.17, 15) is 8.42 Å². The minimum Gasteiger partial charge on any atom is -0.314 e. The highest BCUT2D eigenvalue weighted by Crippen LogP contribution is 2.30. The van der Waals surface area contributed by atoms with Gasteiger partial charge in [0, 0.05) is 55.1 Å². The van der Waals surface area contributed by atoms with Gasteiger partial charge in [-0.2, -0.15) is 4.31 Å². The van der Waals surface area contributed by atoms with E-state index in [1.807, 2.05) is 13.8 Å². The van der Waals surface area contributed by atoms with Crippen LogP contribution in [0, 0.1) is 13.8 Å². The van der Waals surface area contributed by atoms with Gasteiger partial charge in [0.15, 0.2) is 0 Å². The second-order valence-corrected chi connectivity index (χ2v) is 8.91. The highest BCUT2D eigenvalue weighted by Gasteiger charge is 2.40. The highest BCUT2D eigenvalue weighted by molar-refractivity contribution is 7.89. The SMILES string of the molecule is Cc1cc(S(=O)(=O)N2CC(N3CCNCC3)C2)c(C)s1. The summed E-state index contributed by atoms with van der Waals surface area (Å²) >= 11 is 1.55. The Bertz CT molecular complexity index is 585. The van der Waals surface area contributed by atoms with Crippen LogP contribution in [0.1, 0.15) is 9.75 Å². The van der Waals surface area contributed by atoms with E-state index in [0.717, 1.165) is 35.9 Å². The van der Waals surface area contributed by atoms with Crippen molar-refractivity contribution in [2.45, 2.75) is 24.8 Å². The fourth-order valence-corrected chi connectivity index (χ4v) is 5.93. The van der Waals surface area contributed by atoms with Crippen molar-refractivity contribution in [1.82, 2.24) is 14.5 Å². The molecule has 0 bridgehead atoms. The molecule has 112 valence electrons. The Kier molecular flexibility index (Phi) is 3.89. The molecule has 3 heterocycles. The van der Waals surface area contributed by atoms with Crippen molar-refractivity contribution >= 4 is 21.4 Å². The predicted octanol–water partition coefficient (Wildman–Crippen LogP) is 0.643. The van der Waals surface area contributed by atoms with E-state index in [0.29, 0.717) is 24.0 Å². The predicted molar refractivity (Wildman–Crippen MR) is 80.8 cm³/mol. The highest BCUT2D eigenvalue weighted by atomic mass is 32.2. The number of piperazine rings is 1. The minimum absolute atomic E-state index is 0.395. The molecule has 0 aliphatic carbocycles. The van der Waals surface area contributed by atoms with Crippen LogP contribution in [0.15, 0.2) is 11.0 Å². The average Bonchev–Trinajstić information content (AvgIpc) is 2.68. The Morgan fingerprint density at radius 3 is 2.45 bits per heavy atom. The average molecular weight is 315 g/mol. The summed E-state index contributed by atoms with van der Waals surface area (Å²) in [7, 11) is -3.28. The van der Waals surface area contributed by atoms with E-state index < -0.39 is 10.0 Å². The summed E-state index contributed by atoms with van der Waals surface area (Å²) in [6.07, 6.45) is 0. The number of sulfonamides is 1. The topological polar surface area (TPSA) is 52.7 Å². The lowest BCUT2D eigenvalue weighted by molar-refractivity contribution is 0.0773. The second-order valence-electron chi connectivity index (χ2n) is 5.54. The fraction of sp³-hybridized carbons (Fsp3) is 0.692. The summed E-state index contributed by atoms with van der Waals surface area (Å²) in [5.41, 5.74) is 0. The van der Waals surface area contributed by atoms with Crippen LogP contribution < -0.4 is 5.32 Å². The van der Waals surface area contributed by atoms with E-state index in [1.54, 1.807) is 21.7 Å². The van der Waals surface area contributed by atoms with Crippen molar-refractivity contribution in [2.24, 2.45) is 0 Å². The van der Waals surface area contributed by atoms with Crippen molar-refractivity contribution in [3.05, 3.63) is 15.8 Å². The van der Waals surface area contributed by atoms with Gasteiger partial charge in [0.2, 0.25) is 10.0 Å². The fourth-order valence-electron chi connectivity index (χ4n) is 2.89. The molecule has 7 heteroatoms. The molecule has 1 aromatic rings. The number of hydrogen-bond donors (Lipinski definition) is 1. The molecule has 2 saturated heterocycles. The summed E-state index contributed by atoms with van der Waals surface area (Å²) in [5.74, 6) is 0. The minimum atomic E-state index is -3.28. The van der Waals surface area contributed by atoms with Crippen LogP contribution in [0.4, 0.5) is 0 Å². The summed E-state index contributed by atoms with van der Waals surface area (Å²) < 4.78 is 26.8. The van der Waals surface area contributed by atoms with Crippen molar-refractivity contribution in [2.75, 3.05) is 39.3 Å². The normalized spacial score (nSPS) is 22.9. The molecular weight excluding hydrogens is 294 g/mol. The summed E-state index contributed by atoms with van der Waals surface area (Å²) in [5, 5.41) is 3.32. The van der Waals surface area contributed by atoms with Crippen molar-refractivity contribution < 1.29 is 8.42 Å². The van der Waals surface area contributed by atoms with Crippen LogP contribution in [0.2, 0.25) is 0 Å². The Balaban J connectivity index is 1.68. The third-order valence-electron chi connectivity index (χ3n) is 4.11. The molecule has 1 N–H and O–H groups in total. The molecule has 0 aromatic carbocycles. The molecule has 0 saturated carbocycles. The number of hydrogen-bond acceptors (Lipinski definition) is 5. The van der Waals surface area contributed by atoms with Crippen molar-refractivity contribution in [1.29, 1.82) is 0 Å². The second kappa shape index (κ2) is 5.38. The van der Waals surface area contributed by atoms with Gasteiger partial charge in [0.05, 0.1) is 4.90 Å². The molecule has 2 aliphatic rings. The maximum Gasteiger partial charge on any atom is 0.244 e. The first kappa shape index (κ1) is 14.5. The van der Waals surface area contributed by atoms with Gasteiger partial charge in [-0.25, -0.2) is 8.42 Å². The lowest BCUT2D eigenvalue weighted by Gasteiger charge is -2.45. The molecule has 3 rings (SSSR count). The maximum atomic E-state index is 12.6. The van der Waals surface area contributed by atoms with E-state index in [1.165, 1.54) is 0 Å². The van der Waals surface area contributed by atoms with Crippen molar-refractivity contribution in [3.8, 4) is 0 Å². The molecule has 0 radical (unpaired) electrons. The summed E-state index contributed by atoms with van der Waals surface area (Å²) in [6, 6.07) is 2.19. The third kappa shape index (κ3) is 2.53. The Morgan fingerprint density at radius 2 is 1.90 bits per heavy atom. The number of nitrogens with zero attached hydrogens (tertiary/aromatic N) is 2. The van der Waals surface area contributed by atoms with Gasteiger partial charge in [0.1, 0.15) is 0 Å². The number of rotatable bonds is 3. The van der Waals surface area contributed by atoms with Crippen molar-refractivity contribution in [3.63, 3.8) is 0 Å². The number of thiophene rings is 1. The molecule has 1 aromatic heterocycles. The van der Waals surface area contributed by atoms with Gasteiger partial charge in [0.25, 0.3) is 0 Å². The quantitative estimate of drug-likeness (QED) is 0.889. The van der Waals surface area contributed by atoms with Gasteiger partial charge in [-0.3, -0.25) is 4.90 Å². The largest absolute Gasteiger partial charge is 0.314 e. The molecule has 0 spiro atoms. The Hall–Kier alpha value is -0.470. The van der Waals surface area contributed by atoms with Crippen LogP contribution >= 0.6 is 11.3 Å². The molecule has 0 unspecified atom stereocenters. The van der Waals surface area contributed by atoms with Gasteiger partial charge in [-0.1, -0.05) is 0 Å². The van der Waals surface area contributed by atoms with Gasteiger partial charge in [-0.05, 0) is 19.9 Å². The monoisotopic (exact) mass is 315 g/mol. The summed E-state index contributed by atoms with van der Waals surface area (Å²) in [6.45, 7) is 9.17. The number of aryl methyl sites for hydroxylation is 2. The van der Waals surface area contributed by atoms with Gasteiger partial charge >= 0.3 is 0 Å². The molecule has 2 fully saturated rings. The van der Waals surface area contributed by atoms with E-state index in [2.05, 4.69) is 10.2 Å². The van der Waals surface area contributed by atoms with Gasteiger partial charge in [-0.15, -0.1) is 11.3 Å². The zero-order valence-corrected chi connectivity index (χ0v) is 13.6. The molecule has 0 atom stereocenters. The van der Waals surface area contributed by atoms with Crippen LogP contribution in [0.3, 0.4) is 0 Å². The van der Waals surface area contributed by atoms with Crippen LogP contribution in [0.25, 0.3) is 0 Å². The van der Waals surface area contributed by atoms with E-state index >= 15 is 0 Å². The number of nitrogens with one attached hydrogen (secondary N) is 1. The Morgan fingerprint density at radius 1 is 1.25 bits per heavy atom. The van der Waals surface area contributed by atoms with E-state index in [-0.39, 0.29) is 0 Å². The first-order valence-electron chi connectivity index (χ1n) is 7.00. The van der Waals surface area contributed by atoms with Crippen LogP contribution in [-0.4, -0.2) is 62.9 Å². The standard InChI is InChI=1S/C13H21N3O2S2/c1-10-7-13(11(2)19-10)20(17,18)16-8-12(9-16)15-5-3-14-4-6-15/h7,12,14H,3-6,8-9H2,1-2H3. The molecule has 2 aliphatic heterocycles. The molecule has 5 nitrogen and oxygen atoms in total. The van der Waals surface area contributed by atoms with Crippen LogP contribution in [0.5, 0.6) is 0 Å². The first-order valence-corrected chi connectivity index (χ1v) is 9.26.